The maximum atomic E-state index is 13.1. The van der Waals surface area contributed by atoms with Crippen LogP contribution in [0.25, 0.3) is 0 Å². The van der Waals surface area contributed by atoms with Crippen molar-refractivity contribution in [2.45, 2.75) is 13.3 Å². The number of hydrogen-bond acceptors (Lipinski definition) is 7. The Morgan fingerprint density at radius 3 is 2.42 bits per heavy atom. The van der Waals surface area contributed by atoms with Gasteiger partial charge >= 0.3 is 5.97 Å². The van der Waals surface area contributed by atoms with E-state index in [0.29, 0.717) is 22.9 Å². The number of nitrogens with zero attached hydrogens (tertiary/aromatic N) is 1. The Morgan fingerprint density at radius 1 is 1.00 bits per heavy atom. The van der Waals surface area contributed by atoms with Gasteiger partial charge in [0.2, 0.25) is 11.8 Å². The molecule has 1 heterocycles. The van der Waals surface area contributed by atoms with E-state index >= 15 is 0 Å². The van der Waals surface area contributed by atoms with E-state index < -0.39 is 18.5 Å². The van der Waals surface area contributed by atoms with E-state index in [4.69, 9.17) is 14.2 Å². The lowest BCUT2D eigenvalue weighted by atomic mass is 9.82. The van der Waals surface area contributed by atoms with Crippen molar-refractivity contribution in [1.29, 1.82) is 0 Å². The zero-order valence-electron chi connectivity index (χ0n) is 20.1. The standard InChI is InChI=1S/C27H26N2O7/c1-14-10-16-11-19(14)24-23(16)25(31)29(26(24)32)17-6-4-15(5-7-17)27(33)36-13-22(30)28-20-12-18(34-2)8-9-21(20)35-3/h4-10,12,16,19,23-24H,11,13H2,1-3H3,(H,28,30)/t16-,19+,23-,24-/m0/s1. The van der Waals surface area contributed by atoms with Crippen LogP contribution in [0.15, 0.2) is 54.1 Å². The summed E-state index contributed by atoms with van der Waals surface area (Å²) < 4.78 is 15.5. The average molecular weight is 491 g/mol. The Kier molecular flexibility index (Phi) is 5.99. The van der Waals surface area contributed by atoms with Gasteiger partial charge in [0.25, 0.3) is 5.91 Å². The molecule has 5 rings (SSSR count). The van der Waals surface area contributed by atoms with Gasteiger partial charge < -0.3 is 19.5 Å². The first-order valence-corrected chi connectivity index (χ1v) is 11.7. The van der Waals surface area contributed by atoms with Crippen LogP contribution in [0.3, 0.4) is 0 Å². The van der Waals surface area contributed by atoms with E-state index in [1.165, 1.54) is 36.8 Å². The number of amides is 3. The van der Waals surface area contributed by atoms with Gasteiger partial charge in [0.15, 0.2) is 6.61 Å². The molecule has 0 radical (unpaired) electrons. The van der Waals surface area contributed by atoms with Crippen molar-refractivity contribution in [3.8, 4) is 11.5 Å². The topological polar surface area (TPSA) is 111 Å². The Bertz CT molecular complexity index is 1280. The molecule has 3 aliphatic rings. The monoisotopic (exact) mass is 490 g/mol. The van der Waals surface area contributed by atoms with E-state index in [9.17, 15) is 19.2 Å². The third kappa shape index (κ3) is 3.90. The van der Waals surface area contributed by atoms with Crippen LogP contribution >= 0.6 is 0 Å². The summed E-state index contributed by atoms with van der Waals surface area (Å²) in [6, 6.07) is 11.0. The number of benzene rings is 2. The van der Waals surface area contributed by atoms with E-state index in [1.54, 1.807) is 30.3 Å². The number of carbonyl (C=O) groups excluding carboxylic acids is 4. The first kappa shape index (κ1) is 23.6. The second kappa shape index (κ2) is 9.14. The van der Waals surface area contributed by atoms with Crippen molar-refractivity contribution in [2.75, 3.05) is 31.0 Å². The first-order valence-electron chi connectivity index (χ1n) is 11.7. The van der Waals surface area contributed by atoms with E-state index in [2.05, 4.69) is 11.4 Å². The fourth-order valence-corrected chi connectivity index (χ4v) is 5.59. The van der Waals surface area contributed by atoms with E-state index in [0.717, 1.165) is 6.42 Å². The van der Waals surface area contributed by atoms with Crippen molar-refractivity contribution in [2.24, 2.45) is 23.7 Å². The molecule has 9 heteroatoms. The predicted molar refractivity (Wildman–Crippen MR) is 130 cm³/mol. The number of fused-ring (bicyclic) bond motifs is 5. The molecule has 186 valence electrons. The van der Waals surface area contributed by atoms with Crippen LogP contribution in [0.1, 0.15) is 23.7 Å². The van der Waals surface area contributed by atoms with E-state index in [1.807, 2.05) is 6.92 Å². The van der Waals surface area contributed by atoms with Crippen molar-refractivity contribution in [3.05, 3.63) is 59.7 Å². The van der Waals surface area contributed by atoms with Crippen LogP contribution < -0.4 is 19.7 Å². The SMILES string of the molecule is COc1ccc(OC)c(NC(=O)COC(=O)c2ccc(N3C(=O)[C@@H]4[C@@H](C3=O)[C@H]3C=C(C)[C@H]4C3)cc2)c1. The number of anilines is 2. The molecular formula is C27H26N2O7. The Balaban J connectivity index is 1.20. The van der Waals surface area contributed by atoms with Gasteiger partial charge in [-0.1, -0.05) is 11.6 Å². The summed E-state index contributed by atoms with van der Waals surface area (Å²) in [7, 11) is 2.97. The number of carbonyl (C=O) groups is 4. The van der Waals surface area contributed by atoms with Gasteiger partial charge in [-0.05, 0) is 61.6 Å². The van der Waals surface area contributed by atoms with Crippen molar-refractivity contribution in [3.63, 3.8) is 0 Å². The molecule has 2 bridgehead atoms. The number of allylic oxidation sites excluding steroid dienone is 2. The van der Waals surface area contributed by atoms with Gasteiger partial charge in [-0.15, -0.1) is 0 Å². The highest BCUT2D eigenvalue weighted by atomic mass is 16.5. The lowest BCUT2D eigenvalue weighted by molar-refractivity contribution is -0.123. The maximum absolute atomic E-state index is 13.1. The van der Waals surface area contributed by atoms with Gasteiger partial charge in [-0.2, -0.15) is 0 Å². The van der Waals surface area contributed by atoms with Crippen LogP contribution in [-0.4, -0.2) is 44.5 Å². The molecule has 0 aromatic heterocycles. The second-order valence-electron chi connectivity index (χ2n) is 9.22. The third-order valence-electron chi connectivity index (χ3n) is 7.26. The zero-order valence-corrected chi connectivity index (χ0v) is 20.1. The summed E-state index contributed by atoms with van der Waals surface area (Å²) in [6.07, 6.45) is 3.00. The number of imide groups is 1. The minimum atomic E-state index is -0.705. The summed E-state index contributed by atoms with van der Waals surface area (Å²) in [5.74, 6) is -0.978. The van der Waals surface area contributed by atoms with Gasteiger partial charge in [-0.25, -0.2) is 4.79 Å². The molecule has 2 aromatic carbocycles. The summed E-state index contributed by atoms with van der Waals surface area (Å²) >= 11 is 0. The zero-order chi connectivity index (χ0) is 25.6. The van der Waals surface area contributed by atoms with Crippen molar-refractivity contribution >= 4 is 35.1 Å². The van der Waals surface area contributed by atoms with Gasteiger partial charge in [-0.3, -0.25) is 19.3 Å². The Hall–Kier alpha value is -4.14. The summed E-state index contributed by atoms with van der Waals surface area (Å²) in [4.78, 5) is 52.2. The second-order valence-corrected chi connectivity index (χ2v) is 9.22. The largest absolute Gasteiger partial charge is 0.497 e. The number of ether oxygens (including phenoxy) is 3. The number of hydrogen-bond donors (Lipinski definition) is 1. The minimum absolute atomic E-state index is 0.124. The summed E-state index contributed by atoms with van der Waals surface area (Å²) in [5.41, 5.74) is 2.19. The number of esters is 1. The molecule has 9 nitrogen and oxygen atoms in total. The van der Waals surface area contributed by atoms with Crippen LogP contribution in [0.5, 0.6) is 11.5 Å². The molecule has 0 spiro atoms. The number of rotatable bonds is 7. The first-order chi connectivity index (χ1) is 17.3. The number of methoxy groups -OCH3 is 2. The molecule has 0 unspecified atom stereocenters. The van der Waals surface area contributed by atoms with Crippen LogP contribution in [0.2, 0.25) is 0 Å². The maximum Gasteiger partial charge on any atom is 0.338 e. The third-order valence-corrected chi connectivity index (χ3v) is 7.26. The van der Waals surface area contributed by atoms with Gasteiger partial charge in [0, 0.05) is 6.07 Å². The molecule has 1 aliphatic heterocycles. The molecule has 1 saturated heterocycles. The van der Waals surface area contributed by atoms with Crippen LogP contribution in [0, 0.1) is 23.7 Å². The summed E-state index contributed by atoms with van der Waals surface area (Å²) in [5, 5.41) is 2.63. The molecule has 2 fully saturated rings. The smallest absolute Gasteiger partial charge is 0.338 e. The van der Waals surface area contributed by atoms with Crippen LogP contribution in [-0.2, 0) is 19.1 Å². The average Bonchev–Trinajstić information content (AvgIpc) is 3.52. The molecule has 1 saturated carbocycles. The highest BCUT2D eigenvalue weighted by Gasteiger charge is 2.60. The summed E-state index contributed by atoms with van der Waals surface area (Å²) in [6.45, 7) is 1.51. The fraction of sp³-hybridized carbons (Fsp3) is 0.333. The molecule has 36 heavy (non-hydrogen) atoms. The van der Waals surface area contributed by atoms with Gasteiger partial charge in [0.1, 0.15) is 11.5 Å². The number of nitrogens with one attached hydrogen (secondary N) is 1. The molecule has 2 aromatic rings. The highest BCUT2D eigenvalue weighted by molar-refractivity contribution is 6.23. The molecule has 1 N–H and O–H groups in total. The van der Waals surface area contributed by atoms with Gasteiger partial charge in [0.05, 0.1) is 43.0 Å². The fourth-order valence-electron chi connectivity index (χ4n) is 5.59. The minimum Gasteiger partial charge on any atom is -0.497 e. The van der Waals surface area contributed by atoms with Crippen LogP contribution in [0.4, 0.5) is 11.4 Å². The highest BCUT2D eigenvalue weighted by Crippen LogP contribution is 2.55. The lowest BCUT2D eigenvalue weighted by Crippen LogP contribution is -2.33. The quantitative estimate of drug-likeness (QED) is 0.360. The lowest BCUT2D eigenvalue weighted by Gasteiger charge is -2.19. The van der Waals surface area contributed by atoms with E-state index in [-0.39, 0.29) is 41.0 Å². The van der Waals surface area contributed by atoms with Crippen molar-refractivity contribution in [1.82, 2.24) is 0 Å². The Morgan fingerprint density at radius 2 is 1.72 bits per heavy atom. The predicted octanol–water partition coefficient (Wildman–Crippen LogP) is 3.20. The molecule has 3 amide bonds. The molecular weight excluding hydrogens is 464 g/mol. The Labute approximate surface area is 208 Å². The molecule has 4 atom stereocenters. The normalized spacial score (nSPS) is 23.9. The van der Waals surface area contributed by atoms with Crippen molar-refractivity contribution < 1.29 is 33.4 Å². The molecule has 2 aliphatic carbocycles.